The number of rotatable bonds is 1. The second-order valence-electron chi connectivity index (χ2n) is 3.19. The molecule has 0 amide bonds. The van der Waals surface area contributed by atoms with Gasteiger partial charge in [0.1, 0.15) is 0 Å². The Balaban J connectivity index is 2.08. The van der Waals surface area contributed by atoms with Crippen LogP contribution in [-0.2, 0) is 0 Å². The van der Waals surface area contributed by atoms with Crippen LogP contribution in [0.5, 0.6) is 0 Å². The van der Waals surface area contributed by atoms with Crippen LogP contribution in [0.15, 0.2) is 30.3 Å². The molecule has 2 rings (SSSR count). The van der Waals surface area contributed by atoms with Crippen molar-refractivity contribution in [3.05, 3.63) is 36.8 Å². The van der Waals surface area contributed by atoms with Crippen molar-refractivity contribution in [2.24, 2.45) is 0 Å². The first-order valence-electron chi connectivity index (χ1n) is 4.58. The normalized spacial score (nSPS) is 17.8. The standard InChI is InChI=1S/C11H14N/c1-3-7-11(8-4-1)12-9-5-2-6-10-12/h1-4,7-8H,5-6,9-10H2. The Hall–Kier alpha value is -0.980. The maximum atomic E-state index is 2.44. The van der Waals surface area contributed by atoms with Crippen LogP contribution in [0.4, 0.5) is 5.69 Å². The lowest BCUT2D eigenvalue weighted by Crippen LogP contribution is -2.29. The third-order valence-corrected chi connectivity index (χ3v) is 2.33. The number of benzene rings is 1. The smallest absolute Gasteiger partial charge is 0.0366 e. The molecule has 1 aromatic carbocycles. The first kappa shape index (κ1) is 7.66. The van der Waals surface area contributed by atoms with Gasteiger partial charge < -0.3 is 4.90 Å². The van der Waals surface area contributed by atoms with E-state index in [0.717, 1.165) is 0 Å². The van der Waals surface area contributed by atoms with Gasteiger partial charge in [-0.25, -0.2) is 0 Å². The minimum absolute atomic E-state index is 1.18. The highest BCUT2D eigenvalue weighted by Gasteiger charge is 2.09. The Bertz CT molecular complexity index is 224. The van der Waals surface area contributed by atoms with Crippen LogP contribution < -0.4 is 4.90 Å². The van der Waals surface area contributed by atoms with Crippen molar-refractivity contribution >= 4 is 5.69 Å². The van der Waals surface area contributed by atoms with Crippen LogP contribution in [0, 0.1) is 6.42 Å². The summed E-state index contributed by atoms with van der Waals surface area (Å²) in [5.74, 6) is 0. The van der Waals surface area contributed by atoms with E-state index in [0.29, 0.717) is 0 Å². The quantitative estimate of drug-likeness (QED) is 0.610. The monoisotopic (exact) mass is 160 g/mol. The highest BCUT2D eigenvalue weighted by Crippen LogP contribution is 2.17. The van der Waals surface area contributed by atoms with Crippen molar-refractivity contribution in [1.82, 2.24) is 0 Å². The molecule has 1 aliphatic heterocycles. The summed E-state index contributed by atoms with van der Waals surface area (Å²) >= 11 is 0. The predicted molar refractivity (Wildman–Crippen MR) is 52.2 cm³/mol. The molecule has 1 aliphatic rings. The highest BCUT2D eigenvalue weighted by molar-refractivity contribution is 5.46. The molecule has 0 unspecified atom stereocenters. The van der Waals surface area contributed by atoms with E-state index in [1.165, 1.54) is 31.6 Å². The van der Waals surface area contributed by atoms with E-state index in [4.69, 9.17) is 0 Å². The topological polar surface area (TPSA) is 3.24 Å². The van der Waals surface area contributed by atoms with Crippen molar-refractivity contribution in [3.63, 3.8) is 0 Å². The van der Waals surface area contributed by atoms with Gasteiger partial charge in [0.05, 0.1) is 0 Å². The summed E-state index contributed by atoms with van der Waals surface area (Å²) < 4.78 is 0. The SMILES string of the molecule is [CH]1CCN(c2ccccc2)CC1. The molecule has 1 aromatic rings. The first-order chi connectivity index (χ1) is 5.97. The second-order valence-corrected chi connectivity index (χ2v) is 3.19. The van der Waals surface area contributed by atoms with Crippen molar-refractivity contribution in [2.75, 3.05) is 18.0 Å². The molecular weight excluding hydrogens is 146 g/mol. The summed E-state index contributed by atoms with van der Waals surface area (Å²) in [5, 5.41) is 0. The third-order valence-electron chi connectivity index (χ3n) is 2.33. The number of para-hydroxylation sites is 1. The fraction of sp³-hybridized carbons (Fsp3) is 0.364. The van der Waals surface area contributed by atoms with Gasteiger partial charge in [-0.05, 0) is 31.4 Å². The van der Waals surface area contributed by atoms with Gasteiger partial charge in [-0.3, -0.25) is 0 Å². The van der Waals surface area contributed by atoms with Crippen LogP contribution in [0.25, 0.3) is 0 Å². The molecule has 0 aliphatic carbocycles. The van der Waals surface area contributed by atoms with E-state index in [1.54, 1.807) is 0 Å². The highest BCUT2D eigenvalue weighted by atomic mass is 15.1. The van der Waals surface area contributed by atoms with Gasteiger partial charge in [0.25, 0.3) is 0 Å². The van der Waals surface area contributed by atoms with Gasteiger partial charge in [-0.15, -0.1) is 0 Å². The van der Waals surface area contributed by atoms with Crippen LogP contribution in [0.2, 0.25) is 0 Å². The Morgan fingerprint density at radius 1 is 0.917 bits per heavy atom. The minimum Gasteiger partial charge on any atom is -0.372 e. The molecule has 1 heterocycles. The lowest BCUT2D eigenvalue weighted by Gasteiger charge is -2.28. The minimum atomic E-state index is 1.18. The molecule has 1 saturated heterocycles. The predicted octanol–water partition coefficient (Wildman–Crippen LogP) is 2.49. The Morgan fingerprint density at radius 3 is 2.25 bits per heavy atom. The zero-order chi connectivity index (χ0) is 8.23. The fourth-order valence-electron chi connectivity index (χ4n) is 1.65. The molecule has 0 aromatic heterocycles. The molecule has 0 atom stereocenters. The number of anilines is 1. The molecule has 0 saturated carbocycles. The summed E-state index contributed by atoms with van der Waals surface area (Å²) in [7, 11) is 0. The number of piperidine rings is 1. The largest absolute Gasteiger partial charge is 0.372 e. The lowest BCUT2D eigenvalue weighted by molar-refractivity contribution is 0.679. The maximum absolute atomic E-state index is 2.44. The average Bonchev–Trinajstić information content (AvgIpc) is 2.21. The molecule has 0 N–H and O–H groups in total. The number of hydrogen-bond donors (Lipinski definition) is 0. The van der Waals surface area contributed by atoms with E-state index in [2.05, 4.69) is 41.7 Å². The number of nitrogens with zero attached hydrogens (tertiary/aromatic N) is 1. The zero-order valence-corrected chi connectivity index (χ0v) is 7.24. The van der Waals surface area contributed by atoms with Crippen LogP contribution in [-0.4, -0.2) is 13.1 Å². The maximum Gasteiger partial charge on any atom is 0.0366 e. The van der Waals surface area contributed by atoms with E-state index in [-0.39, 0.29) is 0 Å². The number of hydrogen-bond acceptors (Lipinski definition) is 1. The summed E-state index contributed by atoms with van der Waals surface area (Å²) in [6.45, 7) is 2.37. The third kappa shape index (κ3) is 1.60. The van der Waals surface area contributed by atoms with Crippen LogP contribution in [0.1, 0.15) is 12.8 Å². The Morgan fingerprint density at radius 2 is 1.58 bits per heavy atom. The zero-order valence-electron chi connectivity index (χ0n) is 7.24. The molecule has 1 nitrogen and oxygen atoms in total. The van der Waals surface area contributed by atoms with E-state index in [1.807, 2.05) is 0 Å². The van der Waals surface area contributed by atoms with Crippen molar-refractivity contribution < 1.29 is 0 Å². The van der Waals surface area contributed by atoms with Gasteiger partial charge in [-0.1, -0.05) is 18.2 Å². The lowest BCUT2D eigenvalue weighted by atomic mass is 10.1. The van der Waals surface area contributed by atoms with Gasteiger partial charge in [0.2, 0.25) is 0 Å². The second kappa shape index (κ2) is 3.61. The van der Waals surface area contributed by atoms with Gasteiger partial charge >= 0.3 is 0 Å². The summed E-state index contributed by atoms with van der Waals surface area (Å²) in [6, 6.07) is 10.7. The Kier molecular flexibility index (Phi) is 2.31. The van der Waals surface area contributed by atoms with E-state index >= 15 is 0 Å². The summed E-state index contributed by atoms with van der Waals surface area (Å²) in [5.41, 5.74) is 1.37. The van der Waals surface area contributed by atoms with E-state index in [9.17, 15) is 0 Å². The van der Waals surface area contributed by atoms with Crippen molar-refractivity contribution in [3.8, 4) is 0 Å². The van der Waals surface area contributed by atoms with Crippen molar-refractivity contribution in [1.29, 1.82) is 0 Å². The molecular formula is C11H14N. The Labute approximate surface area is 74.0 Å². The molecule has 0 bridgehead atoms. The molecule has 0 spiro atoms. The van der Waals surface area contributed by atoms with E-state index < -0.39 is 0 Å². The van der Waals surface area contributed by atoms with Crippen LogP contribution >= 0.6 is 0 Å². The summed E-state index contributed by atoms with van der Waals surface area (Å²) in [6.07, 6.45) is 4.84. The van der Waals surface area contributed by atoms with Crippen LogP contribution in [0.3, 0.4) is 0 Å². The molecule has 12 heavy (non-hydrogen) atoms. The van der Waals surface area contributed by atoms with Gasteiger partial charge in [-0.2, -0.15) is 0 Å². The molecule has 63 valence electrons. The molecule has 1 heteroatoms. The van der Waals surface area contributed by atoms with Gasteiger partial charge in [0.15, 0.2) is 0 Å². The van der Waals surface area contributed by atoms with Crippen molar-refractivity contribution in [2.45, 2.75) is 12.8 Å². The first-order valence-corrected chi connectivity index (χ1v) is 4.58. The van der Waals surface area contributed by atoms with Gasteiger partial charge in [0, 0.05) is 18.8 Å². The molecule has 1 fully saturated rings. The fourth-order valence-corrected chi connectivity index (χ4v) is 1.65. The average molecular weight is 160 g/mol. The summed E-state index contributed by atoms with van der Waals surface area (Å²) in [4.78, 5) is 2.44. The molecule has 1 radical (unpaired) electrons.